The molecule has 0 aliphatic heterocycles. The molecule has 0 aliphatic rings. The van der Waals surface area contributed by atoms with E-state index >= 15 is 0 Å². The fourth-order valence-corrected chi connectivity index (χ4v) is 1.99. The number of hydrogen-bond acceptors (Lipinski definition) is 4. The Morgan fingerprint density at radius 2 is 1.89 bits per heavy atom. The zero-order valence-electron chi connectivity index (χ0n) is 10.3. The number of anilines is 4. The maximum atomic E-state index is 5.65. The minimum Gasteiger partial charge on any atom is -0.397 e. The van der Waals surface area contributed by atoms with Crippen molar-refractivity contribution < 1.29 is 0 Å². The summed E-state index contributed by atoms with van der Waals surface area (Å²) in [6, 6.07) is 9.95. The highest BCUT2D eigenvalue weighted by atomic mass is 79.9. The lowest BCUT2D eigenvalue weighted by atomic mass is 10.2. The van der Waals surface area contributed by atoms with Crippen molar-refractivity contribution in [2.45, 2.75) is 0 Å². The second kappa shape index (κ2) is 5.27. The number of nitrogen functional groups attached to an aromatic ring is 1. The Morgan fingerprint density at radius 1 is 1.22 bits per heavy atom. The van der Waals surface area contributed by atoms with Gasteiger partial charge in [0.15, 0.2) is 0 Å². The van der Waals surface area contributed by atoms with Crippen molar-refractivity contribution in [1.29, 1.82) is 0 Å². The summed E-state index contributed by atoms with van der Waals surface area (Å²) in [6.45, 7) is 0. The van der Waals surface area contributed by atoms with E-state index in [1.807, 2.05) is 44.4 Å². The van der Waals surface area contributed by atoms with E-state index in [0.717, 1.165) is 21.7 Å². The molecule has 5 heteroatoms. The van der Waals surface area contributed by atoms with Gasteiger partial charge in [0.25, 0.3) is 0 Å². The first-order chi connectivity index (χ1) is 8.56. The third-order valence-electron chi connectivity index (χ3n) is 2.51. The zero-order valence-corrected chi connectivity index (χ0v) is 11.9. The van der Waals surface area contributed by atoms with Crippen molar-refractivity contribution in [3.8, 4) is 0 Å². The number of halogens is 1. The first-order valence-electron chi connectivity index (χ1n) is 5.51. The van der Waals surface area contributed by atoms with Crippen molar-refractivity contribution in [2.24, 2.45) is 0 Å². The Bertz CT molecular complexity index is 537. The van der Waals surface area contributed by atoms with Crippen LogP contribution in [-0.2, 0) is 0 Å². The first kappa shape index (κ1) is 12.7. The molecule has 0 fully saturated rings. The fraction of sp³-hybridized carbons (Fsp3) is 0.154. The topological polar surface area (TPSA) is 54.2 Å². The van der Waals surface area contributed by atoms with Crippen LogP contribution in [0, 0.1) is 0 Å². The summed E-state index contributed by atoms with van der Waals surface area (Å²) in [4.78, 5) is 6.29. The van der Waals surface area contributed by atoms with Crippen LogP contribution in [0.15, 0.2) is 41.0 Å². The molecule has 0 unspecified atom stereocenters. The van der Waals surface area contributed by atoms with Crippen molar-refractivity contribution in [1.82, 2.24) is 4.98 Å². The molecule has 4 nitrogen and oxygen atoms in total. The molecular weight excluding hydrogens is 292 g/mol. The molecule has 0 aliphatic carbocycles. The normalized spacial score (nSPS) is 10.2. The SMILES string of the molecule is CN(C)c1ccc(Nc2ncc(N)cc2Br)cc1. The predicted molar refractivity (Wildman–Crippen MR) is 80.4 cm³/mol. The van der Waals surface area contributed by atoms with Gasteiger partial charge in [0, 0.05) is 25.5 Å². The highest BCUT2D eigenvalue weighted by molar-refractivity contribution is 9.10. The summed E-state index contributed by atoms with van der Waals surface area (Å²) in [5.74, 6) is 0.752. The minimum absolute atomic E-state index is 0.635. The number of benzene rings is 1. The van der Waals surface area contributed by atoms with Gasteiger partial charge in [0.05, 0.1) is 16.4 Å². The smallest absolute Gasteiger partial charge is 0.144 e. The summed E-state index contributed by atoms with van der Waals surface area (Å²) in [5, 5.41) is 3.23. The van der Waals surface area contributed by atoms with Crippen LogP contribution >= 0.6 is 15.9 Å². The van der Waals surface area contributed by atoms with Crippen LogP contribution in [0.4, 0.5) is 22.9 Å². The molecule has 2 aromatic rings. The molecule has 1 aromatic carbocycles. The van der Waals surface area contributed by atoms with E-state index in [1.54, 1.807) is 6.20 Å². The highest BCUT2D eigenvalue weighted by Crippen LogP contribution is 2.26. The van der Waals surface area contributed by atoms with Gasteiger partial charge >= 0.3 is 0 Å². The van der Waals surface area contributed by atoms with Gasteiger partial charge < -0.3 is 16.0 Å². The van der Waals surface area contributed by atoms with Crippen LogP contribution in [0.5, 0.6) is 0 Å². The van der Waals surface area contributed by atoms with Gasteiger partial charge in [-0.2, -0.15) is 0 Å². The molecule has 3 N–H and O–H groups in total. The number of nitrogens with one attached hydrogen (secondary N) is 1. The third kappa shape index (κ3) is 2.92. The van der Waals surface area contributed by atoms with E-state index in [9.17, 15) is 0 Å². The number of rotatable bonds is 3. The lowest BCUT2D eigenvalue weighted by molar-refractivity contribution is 1.13. The Balaban J connectivity index is 2.18. The molecular formula is C13H15BrN4. The molecule has 0 saturated carbocycles. The van der Waals surface area contributed by atoms with Gasteiger partial charge in [-0.1, -0.05) is 0 Å². The number of hydrogen-bond donors (Lipinski definition) is 2. The Hall–Kier alpha value is -1.75. The van der Waals surface area contributed by atoms with Gasteiger partial charge in [0.1, 0.15) is 5.82 Å². The van der Waals surface area contributed by atoms with Crippen molar-refractivity contribution >= 4 is 38.8 Å². The summed E-state index contributed by atoms with van der Waals surface area (Å²) in [6.07, 6.45) is 1.63. The Labute approximate surface area is 115 Å². The van der Waals surface area contributed by atoms with Crippen LogP contribution < -0.4 is 16.0 Å². The largest absolute Gasteiger partial charge is 0.397 e. The van der Waals surface area contributed by atoms with Crippen molar-refractivity contribution in [3.63, 3.8) is 0 Å². The summed E-state index contributed by atoms with van der Waals surface area (Å²) in [5.41, 5.74) is 8.42. The van der Waals surface area contributed by atoms with Crippen LogP contribution in [0.1, 0.15) is 0 Å². The average Bonchev–Trinajstić information content (AvgIpc) is 2.33. The summed E-state index contributed by atoms with van der Waals surface area (Å²) in [7, 11) is 4.03. The molecule has 2 rings (SSSR count). The standard InChI is InChI=1S/C13H15BrN4/c1-18(2)11-5-3-10(4-6-11)17-13-12(14)7-9(15)8-16-13/h3-8H,15H2,1-2H3,(H,16,17). The van der Waals surface area contributed by atoms with E-state index in [2.05, 4.69) is 31.1 Å². The Morgan fingerprint density at radius 3 is 2.44 bits per heavy atom. The van der Waals surface area contributed by atoms with Crippen molar-refractivity contribution in [2.75, 3.05) is 30.0 Å². The maximum absolute atomic E-state index is 5.65. The second-order valence-electron chi connectivity index (χ2n) is 4.17. The monoisotopic (exact) mass is 306 g/mol. The fourth-order valence-electron chi connectivity index (χ4n) is 1.52. The van der Waals surface area contributed by atoms with Gasteiger partial charge in [-0.25, -0.2) is 4.98 Å². The Kier molecular flexibility index (Phi) is 3.72. The molecule has 1 aromatic heterocycles. The molecule has 94 valence electrons. The molecule has 0 atom stereocenters. The quantitative estimate of drug-likeness (QED) is 0.914. The van der Waals surface area contributed by atoms with Gasteiger partial charge in [-0.15, -0.1) is 0 Å². The maximum Gasteiger partial charge on any atom is 0.144 e. The molecule has 0 spiro atoms. The molecule has 1 heterocycles. The van der Waals surface area contributed by atoms with Crippen LogP contribution in [-0.4, -0.2) is 19.1 Å². The summed E-state index contributed by atoms with van der Waals surface area (Å²) >= 11 is 3.43. The van der Waals surface area contributed by atoms with E-state index < -0.39 is 0 Å². The van der Waals surface area contributed by atoms with Gasteiger partial charge in [0.2, 0.25) is 0 Å². The van der Waals surface area contributed by atoms with Crippen molar-refractivity contribution in [3.05, 3.63) is 41.0 Å². The lowest BCUT2D eigenvalue weighted by Gasteiger charge is -2.13. The molecule has 0 bridgehead atoms. The minimum atomic E-state index is 0.635. The van der Waals surface area contributed by atoms with Crippen LogP contribution in [0.25, 0.3) is 0 Å². The van der Waals surface area contributed by atoms with Gasteiger partial charge in [-0.05, 0) is 46.3 Å². The van der Waals surface area contributed by atoms with E-state index in [-0.39, 0.29) is 0 Å². The zero-order chi connectivity index (χ0) is 13.1. The highest BCUT2D eigenvalue weighted by Gasteiger charge is 2.03. The lowest BCUT2D eigenvalue weighted by Crippen LogP contribution is -2.08. The molecule has 0 radical (unpaired) electrons. The molecule has 0 amide bonds. The van der Waals surface area contributed by atoms with E-state index in [1.165, 1.54) is 0 Å². The first-order valence-corrected chi connectivity index (χ1v) is 6.31. The van der Waals surface area contributed by atoms with Crippen LogP contribution in [0.3, 0.4) is 0 Å². The third-order valence-corrected chi connectivity index (χ3v) is 3.11. The number of nitrogens with zero attached hydrogens (tertiary/aromatic N) is 2. The summed E-state index contributed by atoms with van der Waals surface area (Å²) < 4.78 is 0.846. The number of aromatic nitrogens is 1. The number of pyridine rings is 1. The van der Waals surface area contributed by atoms with Gasteiger partial charge in [-0.3, -0.25) is 0 Å². The predicted octanol–water partition coefficient (Wildman–Crippen LogP) is 3.24. The second-order valence-corrected chi connectivity index (χ2v) is 5.02. The van der Waals surface area contributed by atoms with Crippen LogP contribution in [0.2, 0.25) is 0 Å². The average molecular weight is 307 g/mol. The molecule has 18 heavy (non-hydrogen) atoms. The van der Waals surface area contributed by atoms with E-state index in [0.29, 0.717) is 5.69 Å². The molecule has 0 saturated heterocycles. The number of nitrogens with two attached hydrogens (primary N) is 1. The van der Waals surface area contributed by atoms with E-state index in [4.69, 9.17) is 5.73 Å².